The average molecular weight is 300 g/mol. The topological polar surface area (TPSA) is 40.5 Å². The monoisotopic (exact) mass is 299 g/mol. The Hall–Kier alpha value is -1.03. The summed E-state index contributed by atoms with van der Waals surface area (Å²) in [5.41, 5.74) is 0.834. The first-order valence-electron chi connectivity index (χ1n) is 5.49. The van der Waals surface area contributed by atoms with Gasteiger partial charge in [0.2, 0.25) is 0 Å². The minimum atomic E-state index is -0.752. The molecule has 1 rings (SSSR count). The number of carbonyl (C=O) groups is 1. The van der Waals surface area contributed by atoms with E-state index in [0.717, 1.165) is 10.2 Å². The highest BCUT2D eigenvalue weighted by Gasteiger charge is 2.23. The van der Waals surface area contributed by atoms with Crippen molar-refractivity contribution >= 4 is 27.6 Å². The Balaban J connectivity index is 2.71. The number of anilines is 1. The molecule has 0 amide bonds. The molecule has 0 aliphatic heterocycles. The first-order chi connectivity index (χ1) is 7.80. The molecule has 0 saturated carbocycles. The van der Waals surface area contributed by atoms with Crippen molar-refractivity contribution in [3.8, 4) is 0 Å². The fourth-order valence-corrected chi connectivity index (χ4v) is 2.30. The van der Waals surface area contributed by atoms with E-state index in [-0.39, 0.29) is 11.8 Å². The second-order valence-electron chi connectivity index (χ2n) is 5.07. The van der Waals surface area contributed by atoms with Gasteiger partial charge in [-0.15, -0.1) is 0 Å². The lowest BCUT2D eigenvalue weighted by atomic mass is 9.89. The summed E-state index contributed by atoms with van der Waals surface area (Å²) in [6.45, 7) is 4.64. The predicted octanol–water partition coefficient (Wildman–Crippen LogP) is 3.39. The molecule has 1 N–H and O–H groups in total. The molecule has 17 heavy (non-hydrogen) atoms. The normalized spacial score (nSPS) is 11.3. The van der Waals surface area contributed by atoms with Crippen LogP contribution < -0.4 is 4.90 Å². The number of hydrogen-bond donors (Lipinski definition) is 1. The zero-order valence-corrected chi connectivity index (χ0v) is 12.0. The molecule has 0 aliphatic carbocycles. The van der Waals surface area contributed by atoms with Crippen LogP contribution in [0.4, 0.5) is 5.69 Å². The van der Waals surface area contributed by atoms with E-state index < -0.39 is 5.97 Å². The molecule has 1 aromatic rings. The Morgan fingerprint density at radius 3 is 2.65 bits per heavy atom. The number of halogens is 1. The van der Waals surface area contributed by atoms with Gasteiger partial charge in [0.05, 0.1) is 6.42 Å². The number of hydrogen-bond acceptors (Lipinski definition) is 2. The van der Waals surface area contributed by atoms with Crippen LogP contribution in [0, 0.1) is 5.41 Å². The lowest BCUT2D eigenvalue weighted by Crippen LogP contribution is -2.33. The summed E-state index contributed by atoms with van der Waals surface area (Å²) in [6.07, 6.45) is 0.172. The molecule has 0 radical (unpaired) electrons. The van der Waals surface area contributed by atoms with Crippen LogP contribution in [-0.4, -0.2) is 24.7 Å². The largest absolute Gasteiger partial charge is 0.481 e. The van der Waals surface area contributed by atoms with Crippen LogP contribution in [0.2, 0.25) is 0 Å². The zero-order valence-electron chi connectivity index (χ0n) is 10.4. The van der Waals surface area contributed by atoms with Gasteiger partial charge in [0.15, 0.2) is 0 Å². The molecular formula is C13H18BrNO2. The van der Waals surface area contributed by atoms with Gasteiger partial charge in [-0.1, -0.05) is 35.8 Å². The smallest absolute Gasteiger partial charge is 0.303 e. The van der Waals surface area contributed by atoms with Crippen LogP contribution in [-0.2, 0) is 4.79 Å². The van der Waals surface area contributed by atoms with Crippen LogP contribution >= 0.6 is 15.9 Å². The second kappa shape index (κ2) is 5.54. The van der Waals surface area contributed by atoms with E-state index in [1.54, 1.807) is 0 Å². The maximum Gasteiger partial charge on any atom is 0.303 e. The van der Waals surface area contributed by atoms with Crippen molar-refractivity contribution in [1.29, 1.82) is 0 Å². The van der Waals surface area contributed by atoms with Crippen LogP contribution in [0.3, 0.4) is 0 Å². The van der Waals surface area contributed by atoms with Crippen molar-refractivity contribution in [2.24, 2.45) is 5.41 Å². The molecule has 0 aromatic heterocycles. The first kappa shape index (κ1) is 14.0. The molecular weight excluding hydrogens is 282 g/mol. The van der Waals surface area contributed by atoms with E-state index in [2.05, 4.69) is 20.8 Å². The maximum absolute atomic E-state index is 10.8. The summed E-state index contributed by atoms with van der Waals surface area (Å²) in [7, 11) is 1.98. The van der Waals surface area contributed by atoms with Gasteiger partial charge in [0.1, 0.15) is 0 Å². The molecule has 0 unspecified atom stereocenters. The van der Waals surface area contributed by atoms with Crippen LogP contribution in [0.1, 0.15) is 20.3 Å². The minimum absolute atomic E-state index is 0.172. The molecule has 3 nitrogen and oxygen atoms in total. The third-order valence-electron chi connectivity index (χ3n) is 2.54. The highest BCUT2D eigenvalue weighted by atomic mass is 79.9. The molecule has 0 atom stereocenters. The lowest BCUT2D eigenvalue weighted by Gasteiger charge is -2.30. The van der Waals surface area contributed by atoms with Gasteiger partial charge >= 0.3 is 5.97 Å². The number of rotatable bonds is 5. The number of benzene rings is 1. The highest BCUT2D eigenvalue weighted by molar-refractivity contribution is 9.10. The molecule has 0 aliphatic rings. The molecule has 0 spiro atoms. The van der Waals surface area contributed by atoms with E-state index in [1.807, 2.05) is 45.2 Å². The Kier molecular flexibility index (Phi) is 4.57. The lowest BCUT2D eigenvalue weighted by molar-refractivity contribution is -0.139. The van der Waals surface area contributed by atoms with Gasteiger partial charge in [-0.05, 0) is 23.6 Å². The molecule has 0 fully saturated rings. The predicted molar refractivity (Wildman–Crippen MR) is 73.4 cm³/mol. The third-order valence-corrected chi connectivity index (χ3v) is 3.04. The van der Waals surface area contributed by atoms with Gasteiger partial charge in [-0.3, -0.25) is 4.79 Å². The van der Waals surface area contributed by atoms with Gasteiger partial charge in [0.25, 0.3) is 0 Å². The van der Waals surface area contributed by atoms with E-state index >= 15 is 0 Å². The van der Waals surface area contributed by atoms with E-state index in [1.165, 1.54) is 0 Å². The minimum Gasteiger partial charge on any atom is -0.481 e. The Morgan fingerprint density at radius 1 is 1.47 bits per heavy atom. The summed E-state index contributed by atoms with van der Waals surface area (Å²) in [6, 6.07) is 7.98. The van der Waals surface area contributed by atoms with Crippen molar-refractivity contribution in [3.63, 3.8) is 0 Å². The van der Waals surface area contributed by atoms with E-state index in [9.17, 15) is 4.79 Å². The summed E-state index contributed by atoms with van der Waals surface area (Å²) < 4.78 is 1.03. The number of carboxylic acid groups (broad SMARTS) is 1. The fourth-order valence-electron chi connectivity index (χ4n) is 1.91. The van der Waals surface area contributed by atoms with E-state index in [0.29, 0.717) is 6.54 Å². The van der Waals surface area contributed by atoms with Gasteiger partial charge in [-0.25, -0.2) is 0 Å². The SMILES string of the molecule is CN(CC(C)(C)CC(=O)O)c1cccc(Br)c1. The van der Waals surface area contributed by atoms with Gasteiger partial charge < -0.3 is 10.0 Å². The number of aliphatic carboxylic acids is 1. The fraction of sp³-hybridized carbons (Fsp3) is 0.462. The van der Waals surface area contributed by atoms with Crippen molar-refractivity contribution in [2.45, 2.75) is 20.3 Å². The molecule has 94 valence electrons. The van der Waals surface area contributed by atoms with E-state index in [4.69, 9.17) is 5.11 Å². The van der Waals surface area contributed by atoms with Gasteiger partial charge in [0, 0.05) is 23.8 Å². The van der Waals surface area contributed by atoms with Crippen molar-refractivity contribution < 1.29 is 9.90 Å². The Labute approximate surface area is 111 Å². The molecule has 1 aromatic carbocycles. The molecule has 0 bridgehead atoms. The Bertz CT molecular complexity index is 404. The molecule has 0 saturated heterocycles. The summed E-state index contributed by atoms with van der Waals surface area (Å²) in [4.78, 5) is 12.8. The summed E-state index contributed by atoms with van der Waals surface area (Å²) >= 11 is 3.43. The van der Waals surface area contributed by atoms with Crippen LogP contribution in [0.15, 0.2) is 28.7 Å². The van der Waals surface area contributed by atoms with Crippen molar-refractivity contribution in [1.82, 2.24) is 0 Å². The average Bonchev–Trinajstić information content (AvgIpc) is 2.14. The second-order valence-corrected chi connectivity index (χ2v) is 5.99. The highest BCUT2D eigenvalue weighted by Crippen LogP contribution is 2.25. The van der Waals surface area contributed by atoms with Crippen molar-refractivity contribution in [3.05, 3.63) is 28.7 Å². The van der Waals surface area contributed by atoms with Crippen LogP contribution in [0.25, 0.3) is 0 Å². The Morgan fingerprint density at radius 2 is 2.12 bits per heavy atom. The standard InChI is InChI=1S/C13H18BrNO2/c1-13(2,8-12(16)17)9-15(3)11-6-4-5-10(14)7-11/h4-7H,8-9H2,1-3H3,(H,16,17). The zero-order chi connectivity index (χ0) is 13.1. The molecule has 4 heteroatoms. The number of nitrogens with zero attached hydrogens (tertiary/aromatic N) is 1. The summed E-state index contributed by atoms with van der Waals surface area (Å²) in [5.74, 6) is -0.752. The molecule has 0 heterocycles. The van der Waals surface area contributed by atoms with Crippen molar-refractivity contribution in [2.75, 3.05) is 18.5 Å². The quantitative estimate of drug-likeness (QED) is 0.906. The third kappa shape index (κ3) is 4.77. The maximum atomic E-state index is 10.8. The first-order valence-corrected chi connectivity index (χ1v) is 6.28. The summed E-state index contributed by atoms with van der Waals surface area (Å²) in [5, 5.41) is 8.85. The van der Waals surface area contributed by atoms with Gasteiger partial charge in [-0.2, -0.15) is 0 Å². The number of carboxylic acids is 1. The van der Waals surface area contributed by atoms with Crippen LogP contribution in [0.5, 0.6) is 0 Å².